The van der Waals surface area contributed by atoms with Crippen LogP contribution >= 0.6 is 11.6 Å². The molecule has 7 heteroatoms. The van der Waals surface area contributed by atoms with Crippen LogP contribution in [0.3, 0.4) is 0 Å². The number of fused-ring (bicyclic) bond motifs is 1. The van der Waals surface area contributed by atoms with Crippen molar-refractivity contribution in [2.45, 2.75) is 25.6 Å². The van der Waals surface area contributed by atoms with Gasteiger partial charge in [-0.15, -0.1) is 0 Å². The number of carbonyl (C=O) groups is 1. The third kappa shape index (κ3) is 4.34. The third-order valence-corrected chi connectivity index (χ3v) is 6.67. The molecule has 0 radical (unpaired) electrons. The number of allylic oxidation sites excluding steroid dienone is 1. The predicted molar refractivity (Wildman–Crippen MR) is 133 cm³/mol. The molecule has 0 bridgehead atoms. The summed E-state index contributed by atoms with van der Waals surface area (Å²) in [5, 5.41) is 9.51. The van der Waals surface area contributed by atoms with Crippen LogP contribution in [0.2, 0.25) is 5.02 Å². The largest absolute Gasteiger partial charge is 0.478 e. The Kier molecular flexibility index (Phi) is 6.18. The van der Waals surface area contributed by atoms with Crippen molar-refractivity contribution in [3.63, 3.8) is 0 Å². The van der Waals surface area contributed by atoms with E-state index in [-0.39, 0.29) is 0 Å². The van der Waals surface area contributed by atoms with Gasteiger partial charge >= 0.3 is 5.97 Å². The summed E-state index contributed by atoms with van der Waals surface area (Å²) in [6.07, 6.45) is 6.31. The molecule has 172 valence electrons. The zero-order valence-electron chi connectivity index (χ0n) is 18.3. The lowest BCUT2D eigenvalue weighted by molar-refractivity contribution is -0.131. The second-order valence-electron chi connectivity index (χ2n) is 8.48. The van der Waals surface area contributed by atoms with Gasteiger partial charge in [-0.05, 0) is 76.9 Å². The molecule has 2 heterocycles. The number of hydrogen-bond donors (Lipinski definition) is 3. The molecule has 3 aromatic rings. The highest BCUT2D eigenvalue weighted by Gasteiger charge is 2.30. The average Bonchev–Trinajstić information content (AvgIpc) is 3.17. The Morgan fingerprint density at radius 2 is 1.88 bits per heavy atom. The number of nitrogens with zero attached hydrogens (tertiary/aromatic N) is 1. The zero-order valence-corrected chi connectivity index (χ0v) is 19.0. The Hall–Kier alpha value is -3.48. The Labute approximate surface area is 202 Å². The van der Waals surface area contributed by atoms with E-state index in [1.54, 1.807) is 12.3 Å². The molecule has 5 rings (SSSR count). The zero-order chi connectivity index (χ0) is 23.7. The van der Waals surface area contributed by atoms with Gasteiger partial charge in [0.25, 0.3) is 0 Å². The number of hydrogen-bond acceptors (Lipinski definition) is 4. The van der Waals surface area contributed by atoms with Crippen LogP contribution in [0.1, 0.15) is 53.5 Å². The fourth-order valence-corrected chi connectivity index (χ4v) is 4.69. The lowest BCUT2D eigenvalue weighted by atomic mass is 9.74. The van der Waals surface area contributed by atoms with Crippen molar-refractivity contribution in [3.05, 3.63) is 99.8 Å². The molecule has 1 atom stereocenters. The van der Waals surface area contributed by atoms with Crippen molar-refractivity contribution in [2.24, 2.45) is 5.92 Å². The van der Waals surface area contributed by atoms with Crippen molar-refractivity contribution in [1.29, 1.82) is 0 Å². The number of carboxylic acids is 1. The molecule has 2 aliphatic rings. The van der Waals surface area contributed by atoms with Gasteiger partial charge in [-0.1, -0.05) is 48.4 Å². The number of halogens is 2. The number of carboxylic acid groups (broad SMARTS) is 1. The molecular weight excluding hydrogens is 453 g/mol. The number of alkyl halides is 1. The lowest BCUT2D eigenvalue weighted by Crippen LogP contribution is -2.16. The number of pyridine rings is 1. The number of hydrazine groups is 1. The summed E-state index contributed by atoms with van der Waals surface area (Å²) in [6.45, 7) is 0. The van der Waals surface area contributed by atoms with Crippen LogP contribution in [0.5, 0.6) is 0 Å². The Balaban J connectivity index is 1.72. The van der Waals surface area contributed by atoms with Gasteiger partial charge in [0.05, 0.1) is 16.4 Å². The average molecular weight is 476 g/mol. The van der Waals surface area contributed by atoms with Gasteiger partial charge in [-0.2, -0.15) is 0 Å². The van der Waals surface area contributed by atoms with Crippen LogP contribution in [0.4, 0.5) is 10.1 Å². The topological polar surface area (TPSA) is 74.2 Å². The second kappa shape index (κ2) is 9.41. The van der Waals surface area contributed by atoms with E-state index in [1.165, 1.54) is 0 Å². The van der Waals surface area contributed by atoms with E-state index < -0.39 is 12.3 Å². The Bertz CT molecular complexity index is 1300. The first-order valence-electron chi connectivity index (χ1n) is 11.2. The lowest BCUT2D eigenvalue weighted by Gasteiger charge is -2.31. The number of rotatable bonds is 6. The molecular formula is C27H23ClFN3O2. The van der Waals surface area contributed by atoms with E-state index in [0.29, 0.717) is 22.2 Å². The number of aromatic nitrogens is 1. The maximum Gasteiger partial charge on any atom is 0.328 e. The Morgan fingerprint density at radius 3 is 2.56 bits per heavy atom. The summed E-state index contributed by atoms with van der Waals surface area (Å²) in [6, 6.07) is 17.1. The van der Waals surface area contributed by atoms with E-state index in [0.717, 1.165) is 58.9 Å². The highest BCUT2D eigenvalue weighted by atomic mass is 35.5. The molecule has 0 spiro atoms. The summed E-state index contributed by atoms with van der Waals surface area (Å²) in [5.74, 6) is -0.706. The van der Waals surface area contributed by atoms with Gasteiger partial charge in [0.2, 0.25) is 0 Å². The van der Waals surface area contributed by atoms with Gasteiger partial charge in [0, 0.05) is 17.8 Å². The van der Waals surface area contributed by atoms with E-state index in [9.17, 15) is 9.18 Å². The maximum atomic E-state index is 14.5. The highest BCUT2D eigenvalue weighted by Crippen LogP contribution is 2.46. The molecule has 5 nitrogen and oxygen atoms in total. The SMILES string of the molecule is O=C(O)/C=C/c1ccc(/C(=C(\c2ncccc2Cl)C2CCC2)c2ccc3c(c2)C(F)NN3)cc1. The molecule has 1 saturated carbocycles. The van der Waals surface area contributed by atoms with Gasteiger partial charge in [0.1, 0.15) is 0 Å². The fourth-order valence-electron chi connectivity index (χ4n) is 4.46. The molecule has 2 aromatic carbocycles. The van der Waals surface area contributed by atoms with Crippen LogP contribution in [-0.4, -0.2) is 16.1 Å². The van der Waals surface area contributed by atoms with Crippen molar-refractivity contribution in [3.8, 4) is 0 Å². The van der Waals surface area contributed by atoms with E-state index in [2.05, 4.69) is 15.8 Å². The van der Waals surface area contributed by atoms with Gasteiger partial charge in [-0.3, -0.25) is 4.98 Å². The van der Waals surface area contributed by atoms with Crippen molar-refractivity contribution < 1.29 is 14.3 Å². The quantitative estimate of drug-likeness (QED) is 0.280. The van der Waals surface area contributed by atoms with Crippen molar-refractivity contribution in [2.75, 3.05) is 5.43 Å². The molecule has 1 fully saturated rings. The minimum atomic E-state index is -1.30. The van der Waals surface area contributed by atoms with Crippen LogP contribution in [0, 0.1) is 5.92 Å². The number of nitrogens with one attached hydrogen (secondary N) is 2. The van der Waals surface area contributed by atoms with Gasteiger partial charge < -0.3 is 10.5 Å². The summed E-state index contributed by atoms with van der Waals surface area (Å²) in [5.41, 5.74) is 12.1. The van der Waals surface area contributed by atoms with Crippen LogP contribution in [-0.2, 0) is 4.79 Å². The van der Waals surface area contributed by atoms with Crippen molar-refractivity contribution in [1.82, 2.24) is 10.4 Å². The molecule has 1 aliphatic heterocycles. The molecule has 1 unspecified atom stereocenters. The molecule has 34 heavy (non-hydrogen) atoms. The van der Waals surface area contributed by atoms with Crippen LogP contribution < -0.4 is 10.9 Å². The normalized spacial score (nSPS) is 18.2. The monoisotopic (exact) mass is 475 g/mol. The molecule has 0 saturated heterocycles. The van der Waals surface area contributed by atoms with Gasteiger partial charge in [0.15, 0.2) is 6.30 Å². The fraction of sp³-hybridized carbons (Fsp3) is 0.185. The van der Waals surface area contributed by atoms with E-state index in [1.807, 2.05) is 54.6 Å². The third-order valence-electron chi connectivity index (χ3n) is 6.36. The molecule has 1 aliphatic carbocycles. The first-order valence-corrected chi connectivity index (χ1v) is 11.6. The van der Waals surface area contributed by atoms with Crippen molar-refractivity contribution >= 4 is 40.5 Å². The smallest absolute Gasteiger partial charge is 0.328 e. The van der Waals surface area contributed by atoms with E-state index >= 15 is 0 Å². The predicted octanol–water partition coefficient (Wildman–Crippen LogP) is 6.49. The Morgan fingerprint density at radius 1 is 1.12 bits per heavy atom. The molecule has 1 aromatic heterocycles. The standard InChI is InChI=1S/C27H23ClFN3O2/c28-21-5-2-14-30-26(21)25(17-3-1-4-17)24(18-9-6-16(7-10-18)8-13-23(33)34)19-11-12-22-20(15-19)27(29)32-31-22/h2,5-15,17,27,31-32H,1,3-4H2,(H,33,34)/b13-8+,25-24+. The number of benzene rings is 2. The summed E-state index contributed by atoms with van der Waals surface area (Å²) in [4.78, 5) is 15.5. The maximum absolute atomic E-state index is 14.5. The highest BCUT2D eigenvalue weighted by molar-refractivity contribution is 6.32. The minimum absolute atomic E-state index is 0.291. The first-order chi connectivity index (χ1) is 16.5. The molecule has 0 amide bonds. The van der Waals surface area contributed by atoms with Crippen LogP contribution in [0.15, 0.2) is 66.9 Å². The van der Waals surface area contributed by atoms with E-state index in [4.69, 9.17) is 16.7 Å². The minimum Gasteiger partial charge on any atom is -0.478 e. The first kappa shape index (κ1) is 22.3. The molecule has 3 N–H and O–H groups in total. The second-order valence-corrected chi connectivity index (χ2v) is 8.89. The summed E-state index contributed by atoms with van der Waals surface area (Å²) < 4.78 is 14.5. The number of aliphatic carboxylic acids is 1. The summed E-state index contributed by atoms with van der Waals surface area (Å²) in [7, 11) is 0. The van der Waals surface area contributed by atoms with Gasteiger partial charge in [-0.25, -0.2) is 14.6 Å². The number of anilines is 1. The summed E-state index contributed by atoms with van der Waals surface area (Å²) >= 11 is 6.63. The van der Waals surface area contributed by atoms with Crippen LogP contribution in [0.25, 0.3) is 17.2 Å².